The smallest absolute Gasteiger partial charge is 0.0959 e. The van der Waals surface area contributed by atoms with Crippen LogP contribution >= 0.6 is 0 Å². The molecule has 6 aromatic rings. The molecule has 0 aliphatic carbocycles. The van der Waals surface area contributed by atoms with Crippen LogP contribution in [0.4, 0.5) is 0 Å². The van der Waals surface area contributed by atoms with Gasteiger partial charge >= 0.3 is 0 Å². The monoisotopic (exact) mass is 437 g/mol. The Labute approximate surface area is 199 Å². The molecule has 0 unspecified atom stereocenters. The summed E-state index contributed by atoms with van der Waals surface area (Å²) in [6.45, 7) is 0. The van der Waals surface area contributed by atoms with Crippen molar-refractivity contribution in [2.24, 2.45) is 0 Å². The van der Waals surface area contributed by atoms with E-state index in [2.05, 4.69) is 112 Å². The Hall–Kier alpha value is -4.50. The molecule has 6 rings (SSSR count). The summed E-state index contributed by atoms with van der Waals surface area (Å²) in [5.74, 6) is 0. The Morgan fingerprint density at radius 2 is 1.18 bits per heavy atom. The second-order valence-electron chi connectivity index (χ2n) is 8.40. The molecule has 0 saturated carbocycles. The number of aromatic nitrogens is 3. The number of hydrogen-bond acceptors (Lipinski definition) is 2. The van der Waals surface area contributed by atoms with E-state index in [9.17, 15) is 0 Å². The molecule has 0 bridgehead atoms. The molecule has 1 atom stereocenters. The van der Waals surface area contributed by atoms with Gasteiger partial charge in [-0.1, -0.05) is 109 Å². The molecule has 3 nitrogen and oxygen atoms in total. The summed E-state index contributed by atoms with van der Waals surface area (Å²) in [4.78, 5) is 9.10. The average molecular weight is 438 g/mol. The van der Waals surface area contributed by atoms with E-state index in [1.807, 2.05) is 37.1 Å². The highest BCUT2D eigenvalue weighted by atomic mass is 15.1. The molecule has 0 amide bonds. The lowest BCUT2D eigenvalue weighted by molar-refractivity contribution is 0.683. The molecule has 34 heavy (non-hydrogen) atoms. The number of pyridine rings is 1. The number of imidazole rings is 1. The maximum absolute atomic E-state index is 4.58. The van der Waals surface area contributed by atoms with Gasteiger partial charge in [0.2, 0.25) is 0 Å². The van der Waals surface area contributed by atoms with Crippen molar-refractivity contribution >= 4 is 10.8 Å². The van der Waals surface area contributed by atoms with E-state index in [0.717, 1.165) is 16.6 Å². The van der Waals surface area contributed by atoms with E-state index >= 15 is 0 Å². The van der Waals surface area contributed by atoms with Crippen LogP contribution < -0.4 is 0 Å². The molecule has 4 aromatic carbocycles. The Morgan fingerprint density at radius 3 is 1.97 bits per heavy atom. The van der Waals surface area contributed by atoms with Gasteiger partial charge in [-0.2, -0.15) is 0 Å². The van der Waals surface area contributed by atoms with Crippen LogP contribution in [0.2, 0.25) is 0 Å². The lowest BCUT2D eigenvalue weighted by Gasteiger charge is -2.23. The van der Waals surface area contributed by atoms with Crippen LogP contribution in [-0.2, 0) is 0 Å². The average Bonchev–Trinajstić information content (AvgIpc) is 3.39. The van der Waals surface area contributed by atoms with Crippen LogP contribution in [-0.4, -0.2) is 14.5 Å². The van der Waals surface area contributed by atoms with Gasteiger partial charge in [-0.15, -0.1) is 0 Å². The molecule has 0 saturated heterocycles. The topological polar surface area (TPSA) is 30.7 Å². The van der Waals surface area contributed by atoms with Crippen molar-refractivity contribution in [2.45, 2.75) is 6.04 Å². The lowest BCUT2D eigenvalue weighted by Crippen LogP contribution is -2.13. The number of fused-ring (bicyclic) bond motifs is 1. The zero-order valence-corrected chi connectivity index (χ0v) is 18.6. The standard InChI is InChI=1S/C31H23N3/c1-3-9-23(10-4-1)24-15-17-26(18-16-24)31(25-11-5-2-6-12-25)34-22-33-21-30(34)29-20-32-19-27-13-7-8-14-28(27)29/h1-22,31H/t31-/m1/s1. The van der Waals surface area contributed by atoms with Gasteiger partial charge in [-0.25, -0.2) is 4.98 Å². The van der Waals surface area contributed by atoms with Gasteiger partial charge in [-0.3, -0.25) is 4.98 Å². The van der Waals surface area contributed by atoms with Crippen LogP contribution in [0.5, 0.6) is 0 Å². The van der Waals surface area contributed by atoms with E-state index in [-0.39, 0.29) is 6.04 Å². The third-order valence-corrected chi connectivity index (χ3v) is 6.34. The van der Waals surface area contributed by atoms with Gasteiger partial charge < -0.3 is 4.57 Å². The van der Waals surface area contributed by atoms with E-state index in [1.165, 1.54) is 27.6 Å². The Morgan fingerprint density at radius 1 is 0.529 bits per heavy atom. The highest BCUT2D eigenvalue weighted by Gasteiger charge is 2.21. The minimum Gasteiger partial charge on any atom is -0.319 e. The first-order valence-corrected chi connectivity index (χ1v) is 11.4. The van der Waals surface area contributed by atoms with Gasteiger partial charge in [0.05, 0.1) is 24.3 Å². The summed E-state index contributed by atoms with van der Waals surface area (Å²) < 4.78 is 2.26. The van der Waals surface area contributed by atoms with Gasteiger partial charge in [0.1, 0.15) is 0 Å². The zero-order valence-electron chi connectivity index (χ0n) is 18.6. The normalized spacial score (nSPS) is 12.0. The van der Waals surface area contributed by atoms with E-state index in [0.29, 0.717) is 0 Å². The molecular formula is C31H23N3. The van der Waals surface area contributed by atoms with Crippen molar-refractivity contribution in [3.63, 3.8) is 0 Å². The largest absolute Gasteiger partial charge is 0.319 e. The quantitative estimate of drug-likeness (QED) is 0.281. The molecule has 3 heteroatoms. The Kier molecular flexibility index (Phi) is 5.21. The summed E-state index contributed by atoms with van der Waals surface area (Å²) in [5.41, 5.74) is 6.97. The number of benzene rings is 4. The summed E-state index contributed by atoms with van der Waals surface area (Å²) in [5, 5.41) is 2.29. The van der Waals surface area contributed by atoms with E-state index < -0.39 is 0 Å². The molecule has 0 aliphatic heterocycles. The fourth-order valence-corrected chi connectivity index (χ4v) is 4.68. The number of nitrogens with zero attached hydrogens (tertiary/aromatic N) is 3. The van der Waals surface area contributed by atoms with Crippen LogP contribution in [0.25, 0.3) is 33.2 Å². The number of rotatable bonds is 5. The van der Waals surface area contributed by atoms with Crippen molar-refractivity contribution < 1.29 is 0 Å². The molecule has 2 heterocycles. The second-order valence-corrected chi connectivity index (χ2v) is 8.40. The highest BCUT2D eigenvalue weighted by molar-refractivity contribution is 5.94. The molecule has 0 radical (unpaired) electrons. The van der Waals surface area contributed by atoms with Crippen LogP contribution in [0.3, 0.4) is 0 Å². The summed E-state index contributed by atoms with van der Waals surface area (Å²) in [7, 11) is 0. The number of hydrogen-bond donors (Lipinski definition) is 0. The Balaban J connectivity index is 1.50. The van der Waals surface area contributed by atoms with Gasteiger partial charge in [0.15, 0.2) is 0 Å². The third kappa shape index (κ3) is 3.67. The van der Waals surface area contributed by atoms with Crippen LogP contribution in [0, 0.1) is 0 Å². The molecule has 2 aromatic heterocycles. The first kappa shape index (κ1) is 20.1. The van der Waals surface area contributed by atoms with Crippen molar-refractivity contribution in [3.8, 4) is 22.4 Å². The fourth-order valence-electron chi connectivity index (χ4n) is 4.68. The lowest BCUT2D eigenvalue weighted by atomic mass is 9.95. The molecule has 0 fully saturated rings. The maximum Gasteiger partial charge on any atom is 0.0959 e. The van der Waals surface area contributed by atoms with E-state index in [1.54, 1.807) is 0 Å². The predicted octanol–water partition coefficient (Wildman–Crippen LogP) is 7.40. The maximum atomic E-state index is 4.58. The zero-order chi connectivity index (χ0) is 22.7. The molecule has 162 valence electrons. The van der Waals surface area contributed by atoms with Crippen LogP contribution in [0.1, 0.15) is 17.2 Å². The van der Waals surface area contributed by atoms with E-state index in [4.69, 9.17) is 0 Å². The van der Waals surface area contributed by atoms with Crippen molar-refractivity contribution in [1.82, 2.24) is 14.5 Å². The third-order valence-electron chi connectivity index (χ3n) is 6.34. The molecule has 0 spiro atoms. The SMILES string of the molecule is c1ccc(-c2ccc([C@@H](c3ccccc3)n3cncc3-c3cncc4ccccc34)cc2)cc1. The fraction of sp³-hybridized carbons (Fsp3) is 0.0323. The predicted molar refractivity (Wildman–Crippen MR) is 139 cm³/mol. The molecule has 0 aliphatic rings. The van der Waals surface area contributed by atoms with Gasteiger partial charge in [0.25, 0.3) is 0 Å². The minimum atomic E-state index is -0.0116. The summed E-state index contributed by atoms with van der Waals surface area (Å²) in [6.07, 6.45) is 7.73. The summed E-state index contributed by atoms with van der Waals surface area (Å²) in [6, 6.07) is 38.3. The first-order valence-electron chi connectivity index (χ1n) is 11.4. The second kappa shape index (κ2) is 8.80. The van der Waals surface area contributed by atoms with Crippen molar-refractivity contribution in [3.05, 3.63) is 145 Å². The van der Waals surface area contributed by atoms with Crippen molar-refractivity contribution in [1.29, 1.82) is 0 Å². The van der Waals surface area contributed by atoms with Gasteiger partial charge in [-0.05, 0) is 27.6 Å². The minimum absolute atomic E-state index is 0.0116. The first-order chi connectivity index (χ1) is 16.9. The van der Waals surface area contributed by atoms with Crippen LogP contribution in [0.15, 0.2) is 134 Å². The highest BCUT2D eigenvalue weighted by Crippen LogP contribution is 2.35. The Bertz CT molecular complexity index is 1530. The molecule has 0 N–H and O–H groups in total. The summed E-state index contributed by atoms with van der Waals surface area (Å²) >= 11 is 0. The molecular weight excluding hydrogens is 414 g/mol. The van der Waals surface area contributed by atoms with Crippen molar-refractivity contribution in [2.75, 3.05) is 0 Å². The van der Waals surface area contributed by atoms with Gasteiger partial charge in [0, 0.05) is 23.3 Å².